The van der Waals surface area contributed by atoms with E-state index in [9.17, 15) is 18.0 Å². The summed E-state index contributed by atoms with van der Waals surface area (Å²) in [6.07, 6.45) is -1.03. The van der Waals surface area contributed by atoms with Gasteiger partial charge in [0.25, 0.3) is 0 Å². The number of nitrogens with zero attached hydrogens (tertiary/aromatic N) is 1. The van der Waals surface area contributed by atoms with E-state index >= 15 is 0 Å². The molecule has 1 amide bonds. The minimum absolute atomic E-state index is 0.343. The van der Waals surface area contributed by atoms with Crippen LogP contribution in [-0.2, 0) is 24.5 Å². The average molecular weight is 280 g/mol. The largest absolute Gasteiger partial charge is 0.468 e. The van der Waals surface area contributed by atoms with E-state index in [0.29, 0.717) is 4.31 Å². The van der Waals surface area contributed by atoms with Crippen molar-refractivity contribution in [1.82, 2.24) is 9.03 Å². The normalized spacial score (nSPS) is 22.7. The number of nitrogens with one attached hydrogen (secondary N) is 1. The lowest BCUT2D eigenvalue weighted by molar-refractivity contribution is -0.142. The van der Waals surface area contributed by atoms with Crippen molar-refractivity contribution in [1.29, 1.82) is 0 Å². The Morgan fingerprint density at radius 1 is 1.33 bits per heavy atom. The second-order valence-electron chi connectivity index (χ2n) is 4.71. The monoisotopic (exact) mass is 280 g/mol. The van der Waals surface area contributed by atoms with Crippen LogP contribution in [0.1, 0.15) is 20.8 Å². The summed E-state index contributed by atoms with van der Waals surface area (Å²) in [7, 11) is -2.92. The molecule has 0 aliphatic carbocycles. The van der Waals surface area contributed by atoms with E-state index in [2.05, 4.69) is 4.74 Å². The van der Waals surface area contributed by atoms with Gasteiger partial charge in [0.05, 0.1) is 13.7 Å². The van der Waals surface area contributed by atoms with Gasteiger partial charge in [0.15, 0.2) is 0 Å². The highest BCUT2D eigenvalue weighted by Gasteiger charge is 2.44. The number of carbonyl (C=O) groups is 2. The molecule has 1 atom stereocenters. The van der Waals surface area contributed by atoms with Crippen LogP contribution in [0.5, 0.6) is 0 Å². The molecular formula is C9H16N2O6S. The van der Waals surface area contributed by atoms with Gasteiger partial charge in [0.2, 0.25) is 0 Å². The van der Waals surface area contributed by atoms with Gasteiger partial charge in [0, 0.05) is 0 Å². The Morgan fingerprint density at radius 2 is 1.89 bits per heavy atom. The van der Waals surface area contributed by atoms with E-state index in [1.807, 2.05) is 4.72 Å². The molecule has 1 N–H and O–H groups in total. The van der Waals surface area contributed by atoms with E-state index < -0.39 is 33.9 Å². The summed E-state index contributed by atoms with van der Waals surface area (Å²) in [4.78, 5) is 22.9. The Kier molecular flexibility index (Phi) is 3.86. The maximum Gasteiger partial charge on any atom is 0.425 e. The molecule has 18 heavy (non-hydrogen) atoms. The highest BCUT2D eigenvalue weighted by Crippen LogP contribution is 2.17. The first-order valence-electron chi connectivity index (χ1n) is 5.17. The topological polar surface area (TPSA) is 102 Å². The second kappa shape index (κ2) is 4.73. The first-order chi connectivity index (χ1) is 8.07. The molecule has 1 unspecified atom stereocenters. The predicted octanol–water partition coefficient (Wildman–Crippen LogP) is -0.387. The molecule has 1 fully saturated rings. The average Bonchev–Trinajstić information content (AvgIpc) is 2.50. The maximum atomic E-state index is 11.7. The van der Waals surface area contributed by atoms with Crippen molar-refractivity contribution in [2.75, 3.05) is 13.7 Å². The van der Waals surface area contributed by atoms with E-state index in [-0.39, 0.29) is 6.54 Å². The Hall–Kier alpha value is -1.35. The Labute approximate surface area is 105 Å². The SMILES string of the molecule is COC(=O)C1CN(C(=O)OC(C)(C)C)S(=O)(=O)N1. The minimum Gasteiger partial charge on any atom is -0.468 e. The number of amides is 1. The van der Waals surface area contributed by atoms with Gasteiger partial charge in [-0.15, -0.1) is 0 Å². The van der Waals surface area contributed by atoms with E-state index in [1.165, 1.54) is 0 Å². The van der Waals surface area contributed by atoms with Crippen LogP contribution in [-0.4, -0.2) is 50.1 Å². The molecule has 1 heterocycles. The van der Waals surface area contributed by atoms with Crippen LogP contribution < -0.4 is 4.72 Å². The fourth-order valence-corrected chi connectivity index (χ4v) is 2.53. The number of rotatable bonds is 1. The third-order valence-electron chi connectivity index (χ3n) is 2.01. The Morgan fingerprint density at radius 3 is 2.33 bits per heavy atom. The van der Waals surface area contributed by atoms with Crippen LogP contribution in [0.15, 0.2) is 0 Å². The van der Waals surface area contributed by atoms with Crippen LogP contribution in [0.2, 0.25) is 0 Å². The van der Waals surface area contributed by atoms with Crippen molar-refractivity contribution >= 4 is 22.3 Å². The van der Waals surface area contributed by atoms with Gasteiger partial charge in [-0.3, -0.25) is 4.79 Å². The third kappa shape index (κ3) is 3.33. The van der Waals surface area contributed by atoms with Crippen LogP contribution in [0, 0.1) is 0 Å². The van der Waals surface area contributed by atoms with Crippen molar-refractivity contribution in [2.24, 2.45) is 0 Å². The van der Waals surface area contributed by atoms with Gasteiger partial charge < -0.3 is 9.47 Å². The molecule has 0 radical (unpaired) electrons. The zero-order chi connectivity index (χ0) is 14.1. The van der Waals surface area contributed by atoms with Gasteiger partial charge in [-0.2, -0.15) is 17.4 Å². The van der Waals surface area contributed by atoms with Crippen LogP contribution in [0.3, 0.4) is 0 Å². The van der Waals surface area contributed by atoms with Gasteiger partial charge in [-0.05, 0) is 20.8 Å². The van der Waals surface area contributed by atoms with Crippen molar-refractivity contribution in [3.8, 4) is 0 Å². The van der Waals surface area contributed by atoms with E-state index in [1.54, 1.807) is 20.8 Å². The maximum absolute atomic E-state index is 11.7. The quantitative estimate of drug-likeness (QED) is 0.656. The van der Waals surface area contributed by atoms with Gasteiger partial charge in [0.1, 0.15) is 11.6 Å². The fourth-order valence-electron chi connectivity index (χ4n) is 1.30. The van der Waals surface area contributed by atoms with Crippen molar-refractivity contribution in [3.05, 3.63) is 0 Å². The van der Waals surface area contributed by atoms with Crippen LogP contribution >= 0.6 is 0 Å². The van der Waals surface area contributed by atoms with Crippen molar-refractivity contribution in [2.45, 2.75) is 32.4 Å². The zero-order valence-corrected chi connectivity index (χ0v) is 11.4. The zero-order valence-electron chi connectivity index (χ0n) is 10.6. The van der Waals surface area contributed by atoms with Gasteiger partial charge >= 0.3 is 22.3 Å². The second-order valence-corrected chi connectivity index (χ2v) is 6.34. The number of hydrogen-bond acceptors (Lipinski definition) is 6. The number of hydrogen-bond donors (Lipinski definition) is 1. The molecule has 8 nitrogen and oxygen atoms in total. The summed E-state index contributed by atoms with van der Waals surface area (Å²) in [5.74, 6) is -0.760. The lowest BCUT2D eigenvalue weighted by Crippen LogP contribution is -2.39. The predicted molar refractivity (Wildman–Crippen MR) is 60.8 cm³/mol. The molecule has 0 spiro atoms. The van der Waals surface area contributed by atoms with Gasteiger partial charge in [-0.1, -0.05) is 0 Å². The number of ether oxygens (including phenoxy) is 2. The third-order valence-corrected chi connectivity index (χ3v) is 3.47. The van der Waals surface area contributed by atoms with Crippen LogP contribution in [0.4, 0.5) is 4.79 Å². The highest BCUT2D eigenvalue weighted by atomic mass is 32.2. The lowest BCUT2D eigenvalue weighted by Gasteiger charge is -2.22. The summed E-state index contributed by atoms with van der Waals surface area (Å²) in [5, 5.41) is 0. The number of methoxy groups -OCH3 is 1. The van der Waals surface area contributed by atoms with E-state index in [4.69, 9.17) is 4.74 Å². The minimum atomic E-state index is -4.06. The molecule has 0 bridgehead atoms. The molecule has 1 aliphatic heterocycles. The van der Waals surface area contributed by atoms with Crippen molar-refractivity contribution in [3.63, 3.8) is 0 Å². The number of esters is 1. The molecule has 9 heteroatoms. The summed E-state index contributed by atoms with van der Waals surface area (Å²) in [6.45, 7) is 4.49. The molecule has 0 aromatic heterocycles. The Bertz CT molecular complexity index is 452. The van der Waals surface area contributed by atoms with Gasteiger partial charge in [-0.25, -0.2) is 4.79 Å². The number of carbonyl (C=O) groups excluding carboxylic acids is 2. The standard InChI is InChI=1S/C9H16N2O6S/c1-9(2,3)17-8(13)11-5-6(7(12)16-4)10-18(11,14)15/h6,10H,5H2,1-4H3. The molecule has 0 aromatic carbocycles. The summed E-state index contributed by atoms with van der Waals surface area (Å²) < 4.78 is 35.1. The molecular weight excluding hydrogens is 264 g/mol. The lowest BCUT2D eigenvalue weighted by atomic mass is 10.2. The summed E-state index contributed by atoms with van der Waals surface area (Å²) in [6, 6.07) is -1.10. The van der Waals surface area contributed by atoms with E-state index in [0.717, 1.165) is 7.11 Å². The van der Waals surface area contributed by atoms with Crippen molar-refractivity contribution < 1.29 is 27.5 Å². The molecule has 104 valence electrons. The molecule has 0 saturated carbocycles. The highest BCUT2D eigenvalue weighted by molar-refractivity contribution is 7.88. The fraction of sp³-hybridized carbons (Fsp3) is 0.778. The smallest absolute Gasteiger partial charge is 0.425 e. The summed E-state index contributed by atoms with van der Waals surface area (Å²) in [5.41, 5.74) is -0.823. The first kappa shape index (κ1) is 14.7. The molecule has 1 aliphatic rings. The summed E-state index contributed by atoms with van der Waals surface area (Å²) >= 11 is 0. The molecule has 1 saturated heterocycles. The van der Waals surface area contributed by atoms with Crippen LogP contribution in [0.25, 0.3) is 0 Å². The Balaban J connectivity index is 2.84. The molecule has 1 rings (SSSR count). The first-order valence-corrected chi connectivity index (χ1v) is 6.61. The molecule has 0 aromatic rings.